The minimum absolute atomic E-state index is 0.0321. The van der Waals surface area contributed by atoms with Crippen LogP contribution in [0.2, 0.25) is 0 Å². The van der Waals surface area contributed by atoms with Crippen LogP contribution in [-0.4, -0.2) is 44.3 Å². The average molecular weight is 369 g/mol. The number of H-pyrrole nitrogens is 1. The molecule has 3 aromatic rings. The highest BCUT2D eigenvalue weighted by Crippen LogP contribution is 2.38. The van der Waals surface area contributed by atoms with Crippen LogP contribution in [0, 0.1) is 0 Å². The maximum absolute atomic E-state index is 12.8. The minimum atomic E-state index is -1.10. The Morgan fingerprint density at radius 1 is 1.27 bits per heavy atom. The van der Waals surface area contributed by atoms with Crippen LogP contribution in [0.1, 0.15) is 28.8 Å². The Kier molecular flexibility index (Phi) is 4.26. The largest absolute Gasteiger partial charge is 0.508 e. The molecule has 6 nitrogen and oxygen atoms in total. The molecule has 2 aromatic heterocycles. The Labute approximate surface area is 154 Å². The summed E-state index contributed by atoms with van der Waals surface area (Å²) < 4.78 is 0. The van der Waals surface area contributed by atoms with E-state index < -0.39 is 5.60 Å². The van der Waals surface area contributed by atoms with Gasteiger partial charge in [-0.2, -0.15) is 5.10 Å². The van der Waals surface area contributed by atoms with Crippen LogP contribution in [0.5, 0.6) is 5.75 Å². The molecule has 1 amide bonds. The number of nitrogens with zero attached hydrogens (tertiary/aromatic N) is 2. The Hall–Kier alpha value is -2.64. The molecule has 0 saturated carbocycles. The van der Waals surface area contributed by atoms with Gasteiger partial charge in [0.15, 0.2) is 0 Å². The number of para-hydroxylation sites is 1. The summed E-state index contributed by atoms with van der Waals surface area (Å²) in [4.78, 5) is 15.5. The first-order chi connectivity index (χ1) is 12.6. The van der Waals surface area contributed by atoms with E-state index in [2.05, 4.69) is 10.2 Å². The number of phenolic OH excluding ortho intramolecular Hbond substituents is 1. The van der Waals surface area contributed by atoms with Crippen molar-refractivity contribution in [3.8, 4) is 16.2 Å². The van der Waals surface area contributed by atoms with E-state index in [1.807, 2.05) is 11.4 Å². The van der Waals surface area contributed by atoms with Gasteiger partial charge in [-0.1, -0.05) is 18.2 Å². The predicted molar refractivity (Wildman–Crippen MR) is 99.0 cm³/mol. The van der Waals surface area contributed by atoms with Gasteiger partial charge in [-0.05, 0) is 25.0 Å². The number of piperidine rings is 1. The maximum Gasteiger partial charge on any atom is 0.254 e. The molecule has 3 N–H and O–H groups in total. The lowest BCUT2D eigenvalue weighted by Crippen LogP contribution is -2.45. The average Bonchev–Trinajstić information content (AvgIpc) is 3.33. The summed E-state index contributed by atoms with van der Waals surface area (Å²) >= 11 is 1.51. The summed E-state index contributed by atoms with van der Waals surface area (Å²) in [6, 6.07) is 8.72. The number of carbonyl (C=O) groups is 1. The second kappa shape index (κ2) is 6.59. The molecule has 0 aliphatic carbocycles. The molecule has 0 spiro atoms. The van der Waals surface area contributed by atoms with Gasteiger partial charge in [0, 0.05) is 40.7 Å². The van der Waals surface area contributed by atoms with E-state index in [1.165, 1.54) is 11.3 Å². The number of hydrogen-bond donors (Lipinski definition) is 3. The highest BCUT2D eigenvalue weighted by atomic mass is 32.1. The van der Waals surface area contributed by atoms with Crippen molar-refractivity contribution < 1.29 is 15.0 Å². The summed E-state index contributed by atoms with van der Waals surface area (Å²) in [6.45, 7) is 0.890. The Bertz CT molecular complexity index is 912. The SMILES string of the molecule is O=C(c1csc(-c2cn[nH]c2)c1)N1CCC(O)(c2ccccc2O)CC1. The van der Waals surface area contributed by atoms with Gasteiger partial charge in [0.2, 0.25) is 0 Å². The van der Waals surface area contributed by atoms with Gasteiger partial charge < -0.3 is 15.1 Å². The quantitative estimate of drug-likeness (QED) is 0.662. The third-order valence-electron chi connectivity index (χ3n) is 4.91. The monoisotopic (exact) mass is 369 g/mol. The second-order valence-corrected chi connectivity index (χ2v) is 7.44. The van der Waals surface area contributed by atoms with Gasteiger partial charge in [0.05, 0.1) is 17.4 Å². The molecule has 26 heavy (non-hydrogen) atoms. The Morgan fingerprint density at radius 3 is 2.73 bits per heavy atom. The van der Waals surface area contributed by atoms with Crippen molar-refractivity contribution in [2.24, 2.45) is 0 Å². The number of aromatic hydroxyl groups is 1. The first kappa shape index (κ1) is 16.8. The molecule has 1 saturated heterocycles. The number of likely N-dealkylation sites (tertiary alicyclic amines) is 1. The zero-order chi connectivity index (χ0) is 18.1. The highest BCUT2D eigenvalue weighted by Gasteiger charge is 2.37. The van der Waals surface area contributed by atoms with E-state index in [0.717, 1.165) is 10.4 Å². The second-order valence-electron chi connectivity index (χ2n) is 6.53. The number of aliphatic hydroxyl groups is 1. The first-order valence-electron chi connectivity index (χ1n) is 8.45. The zero-order valence-corrected chi connectivity index (χ0v) is 14.9. The van der Waals surface area contributed by atoms with Crippen molar-refractivity contribution >= 4 is 17.2 Å². The molecule has 0 unspecified atom stereocenters. The molecular weight excluding hydrogens is 350 g/mol. The third kappa shape index (κ3) is 3.00. The molecule has 1 aliphatic heterocycles. The van der Waals surface area contributed by atoms with Gasteiger partial charge >= 0.3 is 0 Å². The standard InChI is InChI=1S/C19H19N3O3S/c23-16-4-2-1-3-15(16)19(25)5-7-22(8-6-19)18(24)13-9-17(26-12-13)14-10-20-21-11-14/h1-4,9-12,23,25H,5-8H2,(H,20,21). The van der Waals surface area contributed by atoms with Crippen molar-refractivity contribution in [3.05, 3.63) is 59.2 Å². The molecule has 0 bridgehead atoms. The topological polar surface area (TPSA) is 89.5 Å². The lowest BCUT2D eigenvalue weighted by Gasteiger charge is -2.38. The van der Waals surface area contributed by atoms with Gasteiger partial charge in [0.1, 0.15) is 5.75 Å². The fraction of sp³-hybridized carbons (Fsp3) is 0.263. The van der Waals surface area contributed by atoms with E-state index in [0.29, 0.717) is 37.1 Å². The van der Waals surface area contributed by atoms with Crippen molar-refractivity contribution in [1.82, 2.24) is 15.1 Å². The van der Waals surface area contributed by atoms with E-state index >= 15 is 0 Å². The highest BCUT2D eigenvalue weighted by molar-refractivity contribution is 7.13. The fourth-order valence-electron chi connectivity index (χ4n) is 3.38. The number of rotatable bonds is 3. The lowest BCUT2D eigenvalue weighted by atomic mass is 9.84. The normalized spacial score (nSPS) is 16.6. The van der Waals surface area contributed by atoms with Crippen molar-refractivity contribution in [1.29, 1.82) is 0 Å². The van der Waals surface area contributed by atoms with Crippen LogP contribution in [0.25, 0.3) is 10.4 Å². The van der Waals surface area contributed by atoms with E-state index in [1.54, 1.807) is 41.6 Å². The molecule has 134 valence electrons. The van der Waals surface area contributed by atoms with Crippen LogP contribution in [0.15, 0.2) is 48.1 Å². The molecule has 0 atom stereocenters. The summed E-state index contributed by atoms with van der Waals surface area (Å²) in [5.74, 6) is 0.0627. The first-order valence-corrected chi connectivity index (χ1v) is 9.33. The van der Waals surface area contributed by atoms with Gasteiger partial charge in [-0.25, -0.2) is 0 Å². The van der Waals surface area contributed by atoms with E-state index in [4.69, 9.17) is 0 Å². The predicted octanol–water partition coefficient (Wildman–Crippen LogP) is 2.97. The molecular formula is C19H19N3O3S. The Balaban J connectivity index is 1.46. The molecule has 1 aliphatic rings. The van der Waals surface area contributed by atoms with Crippen LogP contribution < -0.4 is 0 Å². The number of amides is 1. The smallest absolute Gasteiger partial charge is 0.254 e. The van der Waals surface area contributed by atoms with Crippen molar-refractivity contribution in [2.45, 2.75) is 18.4 Å². The van der Waals surface area contributed by atoms with Gasteiger partial charge in [-0.3, -0.25) is 9.89 Å². The summed E-state index contributed by atoms with van der Waals surface area (Å²) in [5, 5.41) is 29.5. The number of thiophene rings is 1. The van der Waals surface area contributed by atoms with E-state index in [-0.39, 0.29) is 11.7 Å². The molecule has 1 aromatic carbocycles. The van der Waals surface area contributed by atoms with E-state index in [9.17, 15) is 15.0 Å². The number of nitrogens with one attached hydrogen (secondary N) is 1. The van der Waals surface area contributed by atoms with Crippen LogP contribution in [-0.2, 0) is 5.60 Å². The number of benzene rings is 1. The molecule has 0 radical (unpaired) electrons. The fourth-order valence-corrected chi connectivity index (χ4v) is 4.25. The number of carbonyl (C=O) groups excluding carboxylic acids is 1. The van der Waals surface area contributed by atoms with Crippen LogP contribution >= 0.6 is 11.3 Å². The molecule has 7 heteroatoms. The number of aromatic nitrogens is 2. The number of phenols is 1. The molecule has 3 heterocycles. The lowest BCUT2D eigenvalue weighted by molar-refractivity contribution is -0.0225. The summed E-state index contributed by atoms with van der Waals surface area (Å²) in [5.41, 5.74) is 1.05. The molecule has 4 rings (SSSR count). The van der Waals surface area contributed by atoms with Crippen LogP contribution in [0.3, 0.4) is 0 Å². The number of hydrogen-bond acceptors (Lipinski definition) is 5. The third-order valence-corrected chi connectivity index (χ3v) is 5.89. The summed E-state index contributed by atoms with van der Waals surface area (Å²) in [7, 11) is 0. The van der Waals surface area contributed by atoms with Crippen LogP contribution in [0.4, 0.5) is 0 Å². The van der Waals surface area contributed by atoms with Crippen molar-refractivity contribution in [3.63, 3.8) is 0 Å². The maximum atomic E-state index is 12.8. The minimum Gasteiger partial charge on any atom is -0.508 e. The number of aromatic amines is 1. The zero-order valence-electron chi connectivity index (χ0n) is 14.1. The van der Waals surface area contributed by atoms with Gasteiger partial charge in [-0.15, -0.1) is 11.3 Å². The Morgan fingerprint density at radius 2 is 2.04 bits per heavy atom. The van der Waals surface area contributed by atoms with Crippen molar-refractivity contribution in [2.75, 3.05) is 13.1 Å². The van der Waals surface area contributed by atoms with Gasteiger partial charge in [0.25, 0.3) is 5.91 Å². The summed E-state index contributed by atoms with van der Waals surface area (Å²) in [6.07, 6.45) is 4.32. The molecule has 1 fully saturated rings.